The largest absolute Gasteiger partial charge is 0.372 e. The Hall–Kier alpha value is -3.09. The van der Waals surface area contributed by atoms with E-state index in [2.05, 4.69) is 32.2 Å². The maximum atomic E-state index is 12.7. The Morgan fingerprint density at radius 3 is 2.24 bits per heavy atom. The number of carbonyl (C=O) groups excluding carboxylic acids is 2. The standard InChI is InChI=1S/C22H27N5O2/c28-17-25-10-12-27(13-11-25)21-14-18(15-23-16-21)22(29)24-19-4-6-20(7-5-19)26-8-2-1-3-9-26/h4-7,14-17H,1-3,8-13H2,(H,24,29). The van der Waals surface area contributed by atoms with Gasteiger partial charge in [-0.25, -0.2) is 0 Å². The Morgan fingerprint density at radius 2 is 1.55 bits per heavy atom. The molecule has 4 rings (SSSR count). The number of benzene rings is 1. The van der Waals surface area contributed by atoms with Gasteiger partial charge in [0.05, 0.1) is 17.4 Å². The third-order valence-electron chi connectivity index (χ3n) is 5.66. The van der Waals surface area contributed by atoms with E-state index in [9.17, 15) is 9.59 Å². The van der Waals surface area contributed by atoms with Crippen LogP contribution in [0.4, 0.5) is 17.1 Å². The zero-order valence-electron chi connectivity index (χ0n) is 16.6. The first kappa shape index (κ1) is 19.2. The van der Waals surface area contributed by atoms with Gasteiger partial charge in [0, 0.05) is 56.8 Å². The predicted octanol–water partition coefficient (Wildman–Crippen LogP) is 2.60. The Labute approximate surface area is 171 Å². The van der Waals surface area contributed by atoms with Crippen LogP contribution in [0.2, 0.25) is 0 Å². The summed E-state index contributed by atoms with van der Waals surface area (Å²) in [6, 6.07) is 9.92. The van der Waals surface area contributed by atoms with Crippen LogP contribution in [0.3, 0.4) is 0 Å². The van der Waals surface area contributed by atoms with E-state index in [-0.39, 0.29) is 5.91 Å². The minimum absolute atomic E-state index is 0.170. The van der Waals surface area contributed by atoms with Crippen LogP contribution in [0.5, 0.6) is 0 Å². The van der Waals surface area contributed by atoms with Crippen LogP contribution in [-0.4, -0.2) is 61.5 Å². The second-order valence-electron chi connectivity index (χ2n) is 7.61. The number of pyridine rings is 1. The highest BCUT2D eigenvalue weighted by atomic mass is 16.1. The van der Waals surface area contributed by atoms with Gasteiger partial charge < -0.3 is 20.0 Å². The fraction of sp³-hybridized carbons (Fsp3) is 0.409. The summed E-state index contributed by atoms with van der Waals surface area (Å²) in [6.07, 6.45) is 8.03. The molecule has 1 aromatic carbocycles. The van der Waals surface area contributed by atoms with Gasteiger partial charge in [-0.05, 0) is 49.6 Å². The average molecular weight is 393 g/mol. The molecule has 7 heteroatoms. The molecular weight excluding hydrogens is 366 g/mol. The average Bonchev–Trinajstić information content (AvgIpc) is 2.80. The molecule has 29 heavy (non-hydrogen) atoms. The number of rotatable bonds is 5. The molecule has 1 N–H and O–H groups in total. The highest BCUT2D eigenvalue weighted by molar-refractivity contribution is 6.04. The second-order valence-corrected chi connectivity index (χ2v) is 7.61. The number of amides is 2. The predicted molar refractivity (Wildman–Crippen MR) is 115 cm³/mol. The summed E-state index contributed by atoms with van der Waals surface area (Å²) < 4.78 is 0. The lowest BCUT2D eigenvalue weighted by Crippen LogP contribution is -2.45. The van der Waals surface area contributed by atoms with Crippen molar-refractivity contribution in [3.63, 3.8) is 0 Å². The van der Waals surface area contributed by atoms with E-state index in [1.807, 2.05) is 18.2 Å². The van der Waals surface area contributed by atoms with Crippen LogP contribution >= 0.6 is 0 Å². The quantitative estimate of drug-likeness (QED) is 0.791. The number of carbonyl (C=O) groups is 2. The van der Waals surface area contributed by atoms with Crippen LogP contribution in [0.25, 0.3) is 0 Å². The van der Waals surface area contributed by atoms with Gasteiger partial charge in [-0.1, -0.05) is 0 Å². The van der Waals surface area contributed by atoms with E-state index in [0.717, 1.165) is 44.0 Å². The SMILES string of the molecule is O=CN1CCN(c2cncc(C(=O)Nc3ccc(N4CCCCC4)cc3)c2)CC1. The van der Waals surface area contributed by atoms with Crippen molar-refractivity contribution < 1.29 is 9.59 Å². The summed E-state index contributed by atoms with van der Waals surface area (Å²) in [5.41, 5.74) is 3.42. The number of nitrogens with zero attached hydrogens (tertiary/aromatic N) is 4. The van der Waals surface area contributed by atoms with E-state index >= 15 is 0 Å². The van der Waals surface area contributed by atoms with Crippen molar-refractivity contribution in [1.82, 2.24) is 9.88 Å². The fourth-order valence-electron chi connectivity index (χ4n) is 3.92. The van der Waals surface area contributed by atoms with Gasteiger partial charge in [0.15, 0.2) is 0 Å². The van der Waals surface area contributed by atoms with Crippen molar-refractivity contribution in [2.24, 2.45) is 0 Å². The van der Waals surface area contributed by atoms with Crippen molar-refractivity contribution in [3.8, 4) is 0 Å². The van der Waals surface area contributed by atoms with Crippen LogP contribution in [0, 0.1) is 0 Å². The summed E-state index contributed by atoms with van der Waals surface area (Å²) >= 11 is 0. The lowest BCUT2D eigenvalue weighted by molar-refractivity contribution is -0.118. The van der Waals surface area contributed by atoms with Crippen LogP contribution in [0.15, 0.2) is 42.7 Å². The summed E-state index contributed by atoms with van der Waals surface area (Å²) in [5, 5.41) is 2.96. The Kier molecular flexibility index (Phi) is 5.93. The van der Waals surface area contributed by atoms with E-state index in [4.69, 9.17) is 0 Å². The van der Waals surface area contributed by atoms with Crippen LogP contribution in [-0.2, 0) is 4.79 Å². The van der Waals surface area contributed by atoms with Crippen molar-refractivity contribution in [2.75, 3.05) is 54.4 Å². The number of hydrogen-bond donors (Lipinski definition) is 1. The van der Waals surface area contributed by atoms with Gasteiger partial charge in [-0.2, -0.15) is 0 Å². The van der Waals surface area contributed by atoms with Gasteiger partial charge in [0.25, 0.3) is 5.91 Å². The topological polar surface area (TPSA) is 68.8 Å². The minimum atomic E-state index is -0.170. The lowest BCUT2D eigenvalue weighted by Gasteiger charge is -2.34. The highest BCUT2D eigenvalue weighted by Gasteiger charge is 2.17. The molecule has 2 aliphatic heterocycles. The van der Waals surface area contributed by atoms with E-state index in [0.29, 0.717) is 18.7 Å². The molecule has 7 nitrogen and oxygen atoms in total. The minimum Gasteiger partial charge on any atom is -0.372 e. The van der Waals surface area contributed by atoms with Gasteiger partial charge >= 0.3 is 0 Å². The molecule has 0 aliphatic carbocycles. The van der Waals surface area contributed by atoms with E-state index < -0.39 is 0 Å². The monoisotopic (exact) mass is 393 g/mol. The first-order chi connectivity index (χ1) is 14.2. The molecule has 152 valence electrons. The fourth-order valence-corrected chi connectivity index (χ4v) is 3.92. The molecule has 0 atom stereocenters. The number of nitrogens with one attached hydrogen (secondary N) is 1. The summed E-state index contributed by atoms with van der Waals surface area (Å²) in [6.45, 7) is 5.05. The van der Waals surface area contributed by atoms with Gasteiger partial charge in [0.1, 0.15) is 0 Å². The first-order valence-electron chi connectivity index (χ1n) is 10.3. The second kappa shape index (κ2) is 8.94. The number of aromatic nitrogens is 1. The van der Waals surface area contributed by atoms with Crippen molar-refractivity contribution in [3.05, 3.63) is 48.3 Å². The number of hydrogen-bond acceptors (Lipinski definition) is 5. The van der Waals surface area contributed by atoms with Crippen molar-refractivity contribution >= 4 is 29.4 Å². The summed E-state index contributed by atoms with van der Waals surface area (Å²) in [5.74, 6) is -0.170. The molecule has 3 heterocycles. The van der Waals surface area contributed by atoms with Gasteiger partial charge in [0.2, 0.25) is 6.41 Å². The Balaban J connectivity index is 1.39. The van der Waals surface area contributed by atoms with E-state index in [1.54, 1.807) is 17.3 Å². The number of piperidine rings is 1. The third-order valence-corrected chi connectivity index (χ3v) is 5.66. The normalized spacial score (nSPS) is 17.2. The molecule has 2 aliphatic rings. The van der Waals surface area contributed by atoms with Crippen LogP contribution < -0.4 is 15.1 Å². The molecule has 0 radical (unpaired) electrons. The molecular formula is C22H27N5O2. The molecule has 2 aromatic rings. The smallest absolute Gasteiger partial charge is 0.257 e. The third kappa shape index (κ3) is 4.67. The molecule has 2 saturated heterocycles. The van der Waals surface area contributed by atoms with Crippen molar-refractivity contribution in [2.45, 2.75) is 19.3 Å². The molecule has 0 spiro atoms. The van der Waals surface area contributed by atoms with Crippen molar-refractivity contribution in [1.29, 1.82) is 0 Å². The number of piperazine rings is 1. The Morgan fingerprint density at radius 1 is 0.862 bits per heavy atom. The molecule has 2 fully saturated rings. The molecule has 1 aromatic heterocycles. The van der Waals surface area contributed by atoms with Crippen LogP contribution in [0.1, 0.15) is 29.6 Å². The number of anilines is 3. The maximum absolute atomic E-state index is 12.7. The molecule has 0 saturated carbocycles. The molecule has 2 amide bonds. The van der Waals surface area contributed by atoms with Gasteiger partial charge in [-0.15, -0.1) is 0 Å². The zero-order chi connectivity index (χ0) is 20.1. The highest BCUT2D eigenvalue weighted by Crippen LogP contribution is 2.22. The zero-order valence-corrected chi connectivity index (χ0v) is 16.6. The summed E-state index contributed by atoms with van der Waals surface area (Å²) in [7, 11) is 0. The maximum Gasteiger partial charge on any atom is 0.257 e. The Bertz CT molecular complexity index is 841. The lowest BCUT2D eigenvalue weighted by atomic mass is 10.1. The van der Waals surface area contributed by atoms with E-state index in [1.165, 1.54) is 24.9 Å². The molecule has 0 unspecified atom stereocenters. The van der Waals surface area contributed by atoms with Gasteiger partial charge in [-0.3, -0.25) is 14.6 Å². The first-order valence-corrected chi connectivity index (χ1v) is 10.3. The molecule has 0 bridgehead atoms. The summed E-state index contributed by atoms with van der Waals surface area (Å²) in [4.78, 5) is 34.1.